The summed E-state index contributed by atoms with van der Waals surface area (Å²) >= 11 is 0. The van der Waals surface area contributed by atoms with Crippen molar-refractivity contribution in [2.45, 2.75) is 32.2 Å². The summed E-state index contributed by atoms with van der Waals surface area (Å²) in [6, 6.07) is 6.70. The fraction of sp³-hybridized carbons (Fsp3) is 0.571. The van der Waals surface area contributed by atoms with Crippen LogP contribution in [0.15, 0.2) is 18.2 Å². The maximum Gasteiger partial charge on any atom is 0.126 e. The van der Waals surface area contributed by atoms with E-state index >= 15 is 0 Å². The third kappa shape index (κ3) is 3.13. The Labute approximate surface area is 103 Å². The average Bonchev–Trinajstić information content (AvgIpc) is 2.84. The summed E-state index contributed by atoms with van der Waals surface area (Å²) in [5.74, 6) is 1.82. The molecule has 1 atom stereocenters. The molecule has 1 N–H and O–H groups in total. The molecular formula is C14H21NO2. The third-order valence-electron chi connectivity index (χ3n) is 3.20. The number of methoxy groups -OCH3 is 1. The lowest BCUT2D eigenvalue weighted by atomic mass is 10.0. The molecule has 3 nitrogen and oxygen atoms in total. The van der Waals surface area contributed by atoms with Crippen LogP contribution in [0, 0.1) is 0 Å². The minimum absolute atomic E-state index is 0.600. The molecule has 1 aliphatic rings. The van der Waals surface area contributed by atoms with Gasteiger partial charge < -0.3 is 14.8 Å². The minimum Gasteiger partial charge on any atom is -0.497 e. The molecule has 0 radical (unpaired) electrons. The van der Waals surface area contributed by atoms with Gasteiger partial charge in [-0.05, 0) is 44.4 Å². The molecule has 0 aliphatic carbocycles. The van der Waals surface area contributed by atoms with E-state index in [2.05, 4.69) is 11.4 Å². The van der Waals surface area contributed by atoms with Crippen molar-refractivity contribution < 1.29 is 9.47 Å². The molecule has 0 bridgehead atoms. The van der Waals surface area contributed by atoms with Gasteiger partial charge >= 0.3 is 0 Å². The first-order valence-corrected chi connectivity index (χ1v) is 6.36. The van der Waals surface area contributed by atoms with E-state index in [0.717, 1.165) is 24.5 Å². The Hall–Kier alpha value is -1.22. The molecule has 0 saturated carbocycles. The van der Waals surface area contributed by atoms with Crippen molar-refractivity contribution in [3.05, 3.63) is 23.8 Å². The van der Waals surface area contributed by atoms with Crippen LogP contribution < -0.4 is 14.8 Å². The highest BCUT2D eigenvalue weighted by Gasteiger charge is 2.16. The number of nitrogens with one attached hydrogen (secondary N) is 1. The van der Waals surface area contributed by atoms with E-state index in [4.69, 9.17) is 9.47 Å². The van der Waals surface area contributed by atoms with Gasteiger partial charge in [0.1, 0.15) is 11.5 Å². The Morgan fingerprint density at radius 2 is 2.29 bits per heavy atom. The highest BCUT2D eigenvalue weighted by molar-refractivity contribution is 5.41. The molecule has 1 heterocycles. The Balaban J connectivity index is 2.12. The first-order chi connectivity index (χ1) is 8.33. The second-order valence-electron chi connectivity index (χ2n) is 4.40. The van der Waals surface area contributed by atoms with Gasteiger partial charge in [-0.1, -0.05) is 6.07 Å². The summed E-state index contributed by atoms with van der Waals surface area (Å²) in [4.78, 5) is 0. The molecule has 1 saturated heterocycles. The van der Waals surface area contributed by atoms with Crippen molar-refractivity contribution in [2.75, 3.05) is 20.3 Å². The van der Waals surface area contributed by atoms with Crippen molar-refractivity contribution in [3.8, 4) is 11.5 Å². The van der Waals surface area contributed by atoms with Gasteiger partial charge in [0.15, 0.2) is 0 Å². The standard InChI is InChI=1S/C14H21NO2/c1-3-17-14-10-13(16-2)7-6-11(14)9-12-5-4-8-15-12/h6-7,10,12,15H,3-5,8-9H2,1-2H3. The van der Waals surface area contributed by atoms with E-state index in [1.807, 2.05) is 19.1 Å². The monoisotopic (exact) mass is 235 g/mol. The summed E-state index contributed by atoms with van der Waals surface area (Å²) in [6.45, 7) is 3.85. The largest absolute Gasteiger partial charge is 0.497 e. The van der Waals surface area contributed by atoms with Gasteiger partial charge in [-0.25, -0.2) is 0 Å². The van der Waals surface area contributed by atoms with Gasteiger partial charge in [-0.3, -0.25) is 0 Å². The van der Waals surface area contributed by atoms with Crippen molar-refractivity contribution in [1.29, 1.82) is 0 Å². The second kappa shape index (κ2) is 5.92. The summed E-state index contributed by atoms with van der Waals surface area (Å²) < 4.78 is 10.9. The predicted octanol–water partition coefficient (Wildman–Crippen LogP) is 2.39. The number of hydrogen-bond donors (Lipinski definition) is 1. The van der Waals surface area contributed by atoms with E-state index in [0.29, 0.717) is 12.6 Å². The van der Waals surface area contributed by atoms with Crippen molar-refractivity contribution in [2.24, 2.45) is 0 Å². The van der Waals surface area contributed by atoms with Crippen molar-refractivity contribution >= 4 is 0 Å². The minimum atomic E-state index is 0.600. The number of hydrogen-bond acceptors (Lipinski definition) is 3. The molecule has 94 valence electrons. The predicted molar refractivity (Wildman–Crippen MR) is 68.9 cm³/mol. The first kappa shape index (κ1) is 12.2. The van der Waals surface area contributed by atoms with Crippen LogP contribution in [0.4, 0.5) is 0 Å². The van der Waals surface area contributed by atoms with Crippen LogP contribution in [-0.2, 0) is 6.42 Å². The summed E-state index contributed by atoms with van der Waals surface area (Å²) in [7, 11) is 1.68. The van der Waals surface area contributed by atoms with E-state index in [9.17, 15) is 0 Å². The topological polar surface area (TPSA) is 30.5 Å². The molecule has 0 aromatic heterocycles. The first-order valence-electron chi connectivity index (χ1n) is 6.36. The van der Waals surface area contributed by atoms with E-state index in [-0.39, 0.29) is 0 Å². The van der Waals surface area contributed by atoms with Crippen molar-refractivity contribution in [3.63, 3.8) is 0 Å². The molecule has 3 heteroatoms. The molecule has 0 spiro atoms. The number of ether oxygens (including phenoxy) is 2. The van der Waals surface area contributed by atoms with Crippen LogP contribution in [-0.4, -0.2) is 26.3 Å². The van der Waals surface area contributed by atoms with Gasteiger partial charge in [-0.2, -0.15) is 0 Å². The molecule has 1 fully saturated rings. The second-order valence-corrected chi connectivity index (χ2v) is 4.40. The Morgan fingerprint density at radius 3 is 2.94 bits per heavy atom. The fourth-order valence-corrected chi connectivity index (χ4v) is 2.32. The van der Waals surface area contributed by atoms with E-state index in [1.54, 1.807) is 7.11 Å². The average molecular weight is 235 g/mol. The maximum absolute atomic E-state index is 5.68. The van der Waals surface area contributed by atoms with E-state index < -0.39 is 0 Å². The highest BCUT2D eigenvalue weighted by atomic mass is 16.5. The van der Waals surface area contributed by atoms with Crippen LogP contribution in [0.5, 0.6) is 11.5 Å². The smallest absolute Gasteiger partial charge is 0.126 e. The third-order valence-corrected chi connectivity index (χ3v) is 3.20. The SMILES string of the molecule is CCOc1cc(OC)ccc1CC1CCCN1. The van der Waals surface area contributed by atoms with E-state index in [1.165, 1.54) is 18.4 Å². The molecule has 1 aromatic rings. The Morgan fingerprint density at radius 1 is 1.41 bits per heavy atom. The molecule has 1 aliphatic heterocycles. The van der Waals surface area contributed by atoms with Gasteiger partial charge in [0.25, 0.3) is 0 Å². The Bertz CT molecular complexity index is 359. The van der Waals surface area contributed by atoms with Crippen LogP contribution in [0.1, 0.15) is 25.3 Å². The highest BCUT2D eigenvalue weighted by Crippen LogP contribution is 2.27. The van der Waals surface area contributed by atoms with Crippen LogP contribution in [0.25, 0.3) is 0 Å². The Kier molecular flexibility index (Phi) is 4.26. The quantitative estimate of drug-likeness (QED) is 0.850. The summed E-state index contributed by atoms with van der Waals surface area (Å²) in [6.07, 6.45) is 3.59. The molecule has 2 rings (SSSR count). The maximum atomic E-state index is 5.68. The normalized spacial score (nSPS) is 19.3. The lowest BCUT2D eigenvalue weighted by Gasteiger charge is -2.15. The zero-order chi connectivity index (χ0) is 12.1. The molecule has 1 aromatic carbocycles. The zero-order valence-corrected chi connectivity index (χ0v) is 10.7. The van der Waals surface area contributed by atoms with Crippen LogP contribution in [0.2, 0.25) is 0 Å². The lowest BCUT2D eigenvalue weighted by Crippen LogP contribution is -2.23. The lowest BCUT2D eigenvalue weighted by molar-refractivity contribution is 0.331. The fourth-order valence-electron chi connectivity index (χ4n) is 2.32. The molecule has 0 amide bonds. The number of benzene rings is 1. The number of rotatable bonds is 5. The van der Waals surface area contributed by atoms with Gasteiger partial charge in [0.2, 0.25) is 0 Å². The van der Waals surface area contributed by atoms with Gasteiger partial charge in [0.05, 0.1) is 13.7 Å². The van der Waals surface area contributed by atoms with Gasteiger partial charge in [-0.15, -0.1) is 0 Å². The molecule has 1 unspecified atom stereocenters. The summed E-state index contributed by atoms with van der Waals surface area (Å²) in [5.41, 5.74) is 1.27. The van der Waals surface area contributed by atoms with Crippen LogP contribution in [0.3, 0.4) is 0 Å². The molecule has 17 heavy (non-hydrogen) atoms. The van der Waals surface area contributed by atoms with Gasteiger partial charge in [0, 0.05) is 12.1 Å². The summed E-state index contributed by atoms with van der Waals surface area (Å²) in [5, 5.41) is 3.52. The van der Waals surface area contributed by atoms with Crippen LogP contribution >= 0.6 is 0 Å². The zero-order valence-electron chi connectivity index (χ0n) is 10.7. The molecular weight excluding hydrogens is 214 g/mol. The van der Waals surface area contributed by atoms with Crippen molar-refractivity contribution in [1.82, 2.24) is 5.32 Å².